The van der Waals surface area contributed by atoms with Gasteiger partial charge in [0, 0.05) is 10.0 Å². The van der Waals surface area contributed by atoms with Gasteiger partial charge in [-0.1, -0.05) is 46.3 Å². The fourth-order valence-corrected chi connectivity index (χ4v) is 2.14. The summed E-state index contributed by atoms with van der Waals surface area (Å²) in [5.41, 5.74) is 2.87. The number of halogens is 1. The highest BCUT2D eigenvalue weighted by Gasteiger charge is 2.15. The van der Waals surface area contributed by atoms with Crippen LogP contribution < -0.4 is 0 Å². The average Bonchev–Trinajstić information content (AvgIpc) is 2.38. The second-order valence-electron chi connectivity index (χ2n) is 3.20. The topological polar surface area (TPSA) is 17.1 Å². The van der Waals surface area contributed by atoms with Crippen molar-refractivity contribution in [2.24, 2.45) is 0 Å². The van der Waals surface area contributed by atoms with Gasteiger partial charge in [-0.25, -0.2) is 0 Å². The Bertz CT molecular complexity index is 462. The van der Waals surface area contributed by atoms with Crippen molar-refractivity contribution in [1.29, 1.82) is 0 Å². The third-order valence-corrected chi connectivity index (χ3v) is 2.89. The molecule has 0 aromatic rings. The largest absolute Gasteiger partial charge is 0.294 e. The molecule has 0 aliphatic heterocycles. The van der Waals surface area contributed by atoms with Crippen LogP contribution in [0.5, 0.6) is 0 Å². The van der Waals surface area contributed by atoms with Crippen LogP contribution in [-0.2, 0) is 0 Å². The molecular formula is C12H9BrO. The van der Waals surface area contributed by atoms with Gasteiger partial charge in [0.05, 0.1) is 0 Å². The summed E-state index contributed by atoms with van der Waals surface area (Å²) in [5, 5.41) is 0. The minimum Gasteiger partial charge on any atom is -0.294 e. The monoisotopic (exact) mass is 248 g/mol. The molecule has 0 heterocycles. The molecule has 0 aromatic heterocycles. The van der Waals surface area contributed by atoms with Crippen LogP contribution in [0, 0.1) is 0 Å². The standard InChI is InChI=1S/C12H9BrO/c1-8(14)11-7-12(13)10-6-4-2-3-5-9(10)11/h2-7H,1H3. The predicted octanol–water partition coefficient (Wildman–Crippen LogP) is 3.76. The number of ketones is 1. The van der Waals surface area contributed by atoms with Gasteiger partial charge in [0.2, 0.25) is 0 Å². The maximum Gasteiger partial charge on any atom is 0.160 e. The summed E-state index contributed by atoms with van der Waals surface area (Å²) in [6, 6.07) is 11.7. The van der Waals surface area contributed by atoms with Gasteiger partial charge in [-0.3, -0.25) is 4.79 Å². The first-order valence-corrected chi connectivity index (χ1v) is 5.17. The lowest BCUT2D eigenvalue weighted by Gasteiger charge is -1.95. The number of hydrogen-bond acceptors (Lipinski definition) is 1. The zero-order valence-corrected chi connectivity index (χ0v) is 9.34. The maximum absolute atomic E-state index is 11.4. The summed E-state index contributed by atoms with van der Waals surface area (Å²) in [6.07, 6.45) is 0. The van der Waals surface area contributed by atoms with Crippen molar-refractivity contribution < 1.29 is 4.79 Å². The first kappa shape index (κ1) is 9.41. The van der Waals surface area contributed by atoms with E-state index in [0.717, 1.165) is 21.2 Å². The first-order chi connectivity index (χ1) is 6.70. The Morgan fingerprint density at radius 1 is 1.14 bits per heavy atom. The fraction of sp³-hybridized carbons (Fsp3) is 0.0833. The van der Waals surface area contributed by atoms with Crippen LogP contribution in [0.4, 0.5) is 0 Å². The van der Waals surface area contributed by atoms with Gasteiger partial charge in [-0.2, -0.15) is 0 Å². The minimum atomic E-state index is 0.104. The molecule has 1 nitrogen and oxygen atoms in total. The van der Waals surface area contributed by atoms with E-state index >= 15 is 0 Å². The molecule has 0 radical (unpaired) electrons. The SMILES string of the molecule is CC(=O)c1cc(Br)c2cccccc1-2. The Hall–Kier alpha value is -1.15. The van der Waals surface area contributed by atoms with Gasteiger partial charge in [-0.15, -0.1) is 0 Å². The summed E-state index contributed by atoms with van der Waals surface area (Å²) in [4.78, 5) is 11.4. The van der Waals surface area contributed by atoms with Crippen LogP contribution in [0.25, 0.3) is 11.1 Å². The molecule has 70 valence electrons. The van der Waals surface area contributed by atoms with Crippen LogP contribution in [-0.4, -0.2) is 5.78 Å². The van der Waals surface area contributed by atoms with E-state index < -0.39 is 0 Å². The molecule has 2 aliphatic rings. The van der Waals surface area contributed by atoms with Crippen LogP contribution in [0.1, 0.15) is 17.3 Å². The van der Waals surface area contributed by atoms with Crippen molar-refractivity contribution in [1.82, 2.24) is 0 Å². The molecular weight excluding hydrogens is 240 g/mol. The molecule has 14 heavy (non-hydrogen) atoms. The molecule has 0 unspecified atom stereocenters. The van der Waals surface area contributed by atoms with E-state index in [2.05, 4.69) is 15.9 Å². The van der Waals surface area contributed by atoms with Crippen LogP contribution in [0.3, 0.4) is 0 Å². The molecule has 0 saturated carbocycles. The highest BCUT2D eigenvalue weighted by atomic mass is 79.9. The van der Waals surface area contributed by atoms with Crippen molar-refractivity contribution in [3.05, 3.63) is 46.4 Å². The Kier molecular flexibility index (Phi) is 2.38. The van der Waals surface area contributed by atoms with Crippen molar-refractivity contribution in [2.75, 3.05) is 0 Å². The molecule has 2 rings (SSSR count). The molecule has 0 spiro atoms. The lowest BCUT2D eigenvalue weighted by Crippen LogP contribution is -1.89. The van der Waals surface area contributed by atoms with Crippen LogP contribution in [0.15, 0.2) is 40.9 Å². The van der Waals surface area contributed by atoms with Gasteiger partial charge in [0.1, 0.15) is 0 Å². The van der Waals surface area contributed by atoms with Gasteiger partial charge in [-0.05, 0) is 24.1 Å². The number of fused-ring (bicyclic) bond motifs is 1. The highest BCUT2D eigenvalue weighted by Crippen LogP contribution is 2.35. The number of carbonyl (C=O) groups excluding carboxylic acids is 1. The Morgan fingerprint density at radius 3 is 2.43 bits per heavy atom. The summed E-state index contributed by atoms with van der Waals surface area (Å²) < 4.78 is 0.980. The maximum atomic E-state index is 11.4. The van der Waals surface area contributed by atoms with Gasteiger partial charge in [0.25, 0.3) is 0 Å². The van der Waals surface area contributed by atoms with Gasteiger partial charge >= 0.3 is 0 Å². The van der Waals surface area contributed by atoms with Gasteiger partial charge in [0.15, 0.2) is 5.78 Å². The second kappa shape index (κ2) is 3.54. The molecule has 0 N–H and O–H groups in total. The van der Waals surface area contributed by atoms with E-state index in [1.807, 2.05) is 36.4 Å². The van der Waals surface area contributed by atoms with Crippen molar-refractivity contribution >= 4 is 21.7 Å². The molecule has 0 aromatic carbocycles. The molecule has 2 heteroatoms. The number of hydrogen-bond donors (Lipinski definition) is 0. The third kappa shape index (κ3) is 1.46. The lowest BCUT2D eigenvalue weighted by atomic mass is 10.1. The summed E-state index contributed by atoms with van der Waals surface area (Å²) in [7, 11) is 0. The fourth-order valence-electron chi connectivity index (χ4n) is 1.56. The Morgan fingerprint density at radius 2 is 1.79 bits per heavy atom. The molecule has 0 saturated heterocycles. The number of rotatable bonds is 1. The summed E-state index contributed by atoms with van der Waals surface area (Å²) in [5.74, 6) is 0.104. The second-order valence-corrected chi connectivity index (χ2v) is 4.05. The summed E-state index contributed by atoms with van der Waals surface area (Å²) >= 11 is 3.45. The molecule has 0 fully saturated rings. The van der Waals surface area contributed by atoms with E-state index in [0.29, 0.717) is 0 Å². The molecule has 0 amide bonds. The zero-order valence-electron chi connectivity index (χ0n) is 7.75. The van der Waals surface area contributed by atoms with E-state index in [9.17, 15) is 4.79 Å². The smallest absolute Gasteiger partial charge is 0.160 e. The average molecular weight is 249 g/mol. The molecule has 0 bridgehead atoms. The Balaban J connectivity index is 2.76. The van der Waals surface area contributed by atoms with E-state index in [1.165, 1.54) is 0 Å². The lowest BCUT2D eigenvalue weighted by molar-refractivity contribution is 0.101. The van der Waals surface area contributed by atoms with E-state index in [-0.39, 0.29) is 5.78 Å². The van der Waals surface area contributed by atoms with E-state index in [1.54, 1.807) is 6.92 Å². The highest BCUT2D eigenvalue weighted by molar-refractivity contribution is 9.10. The van der Waals surface area contributed by atoms with E-state index in [4.69, 9.17) is 0 Å². The van der Waals surface area contributed by atoms with Crippen molar-refractivity contribution in [2.45, 2.75) is 6.92 Å². The minimum absolute atomic E-state index is 0.104. The summed E-state index contributed by atoms with van der Waals surface area (Å²) in [6.45, 7) is 1.59. The first-order valence-electron chi connectivity index (χ1n) is 4.38. The third-order valence-electron chi connectivity index (χ3n) is 2.24. The predicted molar refractivity (Wildman–Crippen MR) is 60.8 cm³/mol. The van der Waals surface area contributed by atoms with Crippen molar-refractivity contribution in [3.63, 3.8) is 0 Å². The van der Waals surface area contributed by atoms with Crippen LogP contribution >= 0.6 is 15.9 Å². The van der Waals surface area contributed by atoms with Gasteiger partial charge < -0.3 is 0 Å². The zero-order chi connectivity index (χ0) is 10.1. The quantitative estimate of drug-likeness (QED) is 0.703. The molecule has 0 atom stereocenters. The van der Waals surface area contributed by atoms with Crippen LogP contribution in [0.2, 0.25) is 0 Å². The molecule has 2 aliphatic carbocycles. The number of carbonyl (C=O) groups is 1. The normalized spacial score (nSPS) is 10.4. The van der Waals surface area contributed by atoms with Crippen molar-refractivity contribution in [3.8, 4) is 11.1 Å². The number of Topliss-reactive ketones (excluding diaryl/α,β-unsaturated/α-hetero) is 1. The Labute approximate surface area is 91.2 Å².